The Kier molecular flexibility index (Phi) is 5.58. The Labute approximate surface area is 166 Å². The SMILES string of the molecule is CCCC1(c2ccccc2)NC(=O)N(CC(=O)Nc2ccccc2[N+](=O)[O-])C1=O. The third-order valence-electron chi connectivity index (χ3n) is 4.74. The van der Waals surface area contributed by atoms with Crippen molar-refractivity contribution in [2.45, 2.75) is 25.3 Å². The van der Waals surface area contributed by atoms with Gasteiger partial charge in [-0.3, -0.25) is 24.6 Å². The zero-order valence-corrected chi connectivity index (χ0v) is 15.8. The molecule has 1 atom stereocenters. The van der Waals surface area contributed by atoms with E-state index in [1.807, 2.05) is 13.0 Å². The summed E-state index contributed by atoms with van der Waals surface area (Å²) in [4.78, 5) is 49.4. The largest absolute Gasteiger partial charge is 0.325 e. The van der Waals surface area contributed by atoms with Gasteiger partial charge in [0.15, 0.2) is 0 Å². The molecule has 1 heterocycles. The van der Waals surface area contributed by atoms with Gasteiger partial charge < -0.3 is 10.6 Å². The molecule has 9 heteroatoms. The van der Waals surface area contributed by atoms with E-state index in [-0.39, 0.29) is 11.4 Å². The van der Waals surface area contributed by atoms with Gasteiger partial charge in [-0.2, -0.15) is 0 Å². The highest BCUT2D eigenvalue weighted by molar-refractivity contribution is 6.10. The maximum absolute atomic E-state index is 13.1. The number of anilines is 1. The van der Waals surface area contributed by atoms with Crippen LogP contribution in [-0.4, -0.2) is 34.2 Å². The highest BCUT2D eigenvalue weighted by Crippen LogP contribution is 2.33. The monoisotopic (exact) mass is 396 g/mol. The fraction of sp³-hybridized carbons (Fsp3) is 0.250. The predicted octanol–water partition coefficient (Wildman–Crippen LogP) is 2.78. The van der Waals surface area contributed by atoms with E-state index in [1.165, 1.54) is 24.3 Å². The number of hydrogen-bond acceptors (Lipinski definition) is 5. The van der Waals surface area contributed by atoms with Crippen molar-refractivity contribution >= 4 is 29.2 Å². The molecule has 150 valence electrons. The number of nitrogens with one attached hydrogen (secondary N) is 2. The van der Waals surface area contributed by atoms with Gasteiger partial charge in [-0.1, -0.05) is 55.8 Å². The minimum Gasteiger partial charge on any atom is -0.319 e. The van der Waals surface area contributed by atoms with Crippen LogP contribution in [0.4, 0.5) is 16.2 Å². The molecule has 3 rings (SSSR count). The highest BCUT2D eigenvalue weighted by atomic mass is 16.6. The third kappa shape index (κ3) is 3.79. The molecule has 2 N–H and O–H groups in total. The van der Waals surface area contributed by atoms with Crippen molar-refractivity contribution in [1.82, 2.24) is 10.2 Å². The number of urea groups is 1. The van der Waals surface area contributed by atoms with E-state index < -0.39 is 34.9 Å². The summed E-state index contributed by atoms with van der Waals surface area (Å²) in [7, 11) is 0. The second-order valence-corrected chi connectivity index (χ2v) is 6.67. The maximum Gasteiger partial charge on any atom is 0.325 e. The molecule has 1 saturated heterocycles. The Morgan fingerprint density at radius 1 is 1.14 bits per heavy atom. The maximum atomic E-state index is 13.1. The van der Waals surface area contributed by atoms with E-state index in [2.05, 4.69) is 10.6 Å². The van der Waals surface area contributed by atoms with Gasteiger partial charge >= 0.3 is 6.03 Å². The summed E-state index contributed by atoms with van der Waals surface area (Å²) in [5.74, 6) is -1.23. The zero-order valence-electron chi connectivity index (χ0n) is 15.8. The Hall–Kier alpha value is -3.75. The smallest absolute Gasteiger partial charge is 0.319 e. The second kappa shape index (κ2) is 8.09. The Morgan fingerprint density at radius 3 is 2.45 bits per heavy atom. The van der Waals surface area contributed by atoms with E-state index in [4.69, 9.17) is 0 Å². The second-order valence-electron chi connectivity index (χ2n) is 6.67. The molecule has 0 aromatic heterocycles. The van der Waals surface area contributed by atoms with E-state index >= 15 is 0 Å². The van der Waals surface area contributed by atoms with E-state index in [0.717, 1.165) is 4.90 Å². The van der Waals surface area contributed by atoms with E-state index in [1.54, 1.807) is 24.3 Å². The van der Waals surface area contributed by atoms with E-state index in [9.17, 15) is 24.5 Å². The number of benzene rings is 2. The fourth-order valence-electron chi connectivity index (χ4n) is 3.45. The normalized spacial score (nSPS) is 18.4. The van der Waals surface area contributed by atoms with Crippen molar-refractivity contribution in [1.29, 1.82) is 0 Å². The molecular formula is C20H20N4O5. The predicted molar refractivity (Wildman–Crippen MR) is 105 cm³/mol. The highest BCUT2D eigenvalue weighted by Gasteiger charge is 2.52. The summed E-state index contributed by atoms with van der Waals surface area (Å²) in [5, 5.41) is 16.2. The number of nitro groups is 1. The fourth-order valence-corrected chi connectivity index (χ4v) is 3.45. The van der Waals surface area contributed by atoms with Gasteiger partial charge in [0.05, 0.1) is 4.92 Å². The van der Waals surface area contributed by atoms with Crippen molar-refractivity contribution in [2.24, 2.45) is 0 Å². The molecular weight excluding hydrogens is 376 g/mol. The molecule has 0 aliphatic carbocycles. The van der Waals surface area contributed by atoms with Crippen LogP contribution < -0.4 is 10.6 Å². The third-order valence-corrected chi connectivity index (χ3v) is 4.74. The molecule has 9 nitrogen and oxygen atoms in total. The first-order chi connectivity index (χ1) is 13.9. The molecule has 0 spiro atoms. The van der Waals surface area contributed by atoms with Crippen molar-refractivity contribution in [3.8, 4) is 0 Å². The molecule has 0 saturated carbocycles. The van der Waals surface area contributed by atoms with Crippen LogP contribution in [-0.2, 0) is 15.1 Å². The quantitative estimate of drug-likeness (QED) is 0.423. The number of carbonyl (C=O) groups is 3. The van der Waals surface area contributed by atoms with Crippen LogP contribution in [0.5, 0.6) is 0 Å². The summed E-state index contributed by atoms with van der Waals surface area (Å²) in [6.07, 6.45) is 1.01. The summed E-state index contributed by atoms with van der Waals surface area (Å²) < 4.78 is 0. The van der Waals surface area contributed by atoms with Gasteiger partial charge in [0.2, 0.25) is 5.91 Å². The summed E-state index contributed by atoms with van der Waals surface area (Å²) in [6.45, 7) is 1.35. The van der Waals surface area contributed by atoms with Gasteiger partial charge in [0, 0.05) is 6.07 Å². The van der Waals surface area contributed by atoms with Gasteiger partial charge in [-0.25, -0.2) is 4.79 Å². The van der Waals surface area contributed by atoms with Crippen LogP contribution in [0.15, 0.2) is 54.6 Å². The first kappa shape index (κ1) is 20.0. The number of nitro benzene ring substituents is 1. The van der Waals surface area contributed by atoms with Crippen molar-refractivity contribution < 1.29 is 19.3 Å². The van der Waals surface area contributed by atoms with Gasteiger partial charge in [-0.05, 0) is 18.1 Å². The van der Waals surface area contributed by atoms with E-state index in [0.29, 0.717) is 18.4 Å². The lowest BCUT2D eigenvalue weighted by Gasteiger charge is -2.26. The Morgan fingerprint density at radius 2 is 1.79 bits per heavy atom. The lowest BCUT2D eigenvalue weighted by Crippen LogP contribution is -2.44. The Bertz CT molecular complexity index is 962. The lowest BCUT2D eigenvalue weighted by atomic mass is 9.85. The van der Waals surface area contributed by atoms with Crippen molar-refractivity contribution in [3.63, 3.8) is 0 Å². The lowest BCUT2D eigenvalue weighted by molar-refractivity contribution is -0.383. The standard InChI is InChI=1S/C20H20N4O5/c1-2-12-20(14-8-4-3-5-9-14)18(26)23(19(27)22-20)13-17(25)21-15-10-6-7-11-16(15)24(28)29/h3-11H,2,12-13H2,1H3,(H,21,25)(H,22,27). The van der Waals surface area contributed by atoms with Gasteiger partial charge in [0.25, 0.3) is 11.6 Å². The van der Waals surface area contributed by atoms with Gasteiger partial charge in [-0.15, -0.1) is 0 Å². The van der Waals surface area contributed by atoms with Crippen LogP contribution in [0.1, 0.15) is 25.3 Å². The molecule has 29 heavy (non-hydrogen) atoms. The number of carbonyl (C=O) groups excluding carboxylic acids is 3. The van der Waals surface area contributed by atoms with Crippen LogP contribution in [0, 0.1) is 10.1 Å². The number of nitrogens with zero attached hydrogens (tertiary/aromatic N) is 2. The molecule has 0 bridgehead atoms. The van der Waals surface area contributed by atoms with Crippen molar-refractivity contribution in [3.05, 3.63) is 70.3 Å². The molecule has 0 radical (unpaired) electrons. The summed E-state index contributed by atoms with van der Waals surface area (Å²) >= 11 is 0. The topological polar surface area (TPSA) is 122 Å². The van der Waals surface area contributed by atoms with Crippen LogP contribution >= 0.6 is 0 Å². The van der Waals surface area contributed by atoms with Crippen LogP contribution in [0.25, 0.3) is 0 Å². The van der Waals surface area contributed by atoms with Crippen LogP contribution in [0.3, 0.4) is 0 Å². The molecule has 2 aromatic carbocycles. The van der Waals surface area contributed by atoms with Gasteiger partial charge in [0.1, 0.15) is 17.8 Å². The zero-order chi connectivity index (χ0) is 21.0. The molecule has 1 aliphatic rings. The first-order valence-corrected chi connectivity index (χ1v) is 9.12. The number of rotatable bonds is 7. The molecule has 2 aromatic rings. The first-order valence-electron chi connectivity index (χ1n) is 9.12. The average molecular weight is 396 g/mol. The summed E-state index contributed by atoms with van der Waals surface area (Å²) in [5.41, 5.74) is -0.867. The molecule has 1 unspecified atom stereocenters. The number of hydrogen-bond donors (Lipinski definition) is 2. The van der Waals surface area contributed by atoms with Crippen molar-refractivity contribution in [2.75, 3.05) is 11.9 Å². The number of para-hydroxylation sites is 2. The number of amides is 4. The summed E-state index contributed by atoms with van der Waals surface area (Å²) in [6, 6.07) is 13.8. The molecule has 1 fully saturated rings. The molecule has 4 amide bonds. The van der Waals surface area contributed by atoms with Crippen LogP contribution in [0.2, 0.25) is 0 Å². The number of imide groups is 1. The minimum atomic E-state index is -1.23. The minimum absolute atomic E-state index is 0.00238. The Balaban J connectivity index is 1.81. The average Bonchev–Trinajstić information content (AvgIpc) is 2.94. The molecule has 1 aliphatic heterocycles.